The van der Waals surface area contributed by atoms with Gasteiger partial charge in [-0.3, -0.25) is 0 Å². The molecule has 7 heteroatoms. The number of fused-ring (bicyclic) bond motifs is 1. The quantitative estimate of drug-likeness (QED) is 0.497. The Balaban J connectivity index is 1.75. The van der Waals surface area contributed by atoms with Crippen molar-refractivity contribution in [1.29, 1.82) is 0 Å². The number of aryl methyl sites for hydroxylation is 1. The second-order valence-corrected chi connectivity index (χ2v) is 6.55. The number of imidazole rings is 1. The first kappa shape index (κ1) is 18.6. The van der Waals surface area contributed by atoms with Crippen molar-refractivity contribution in [3.63, 3.8) is 0 Å². The van der Waals surface area contributed by atoms with Crippen molar-refractivity contribution in [2.45, 2.75) is 6.92 Å². The molecule has 0 radical (unpaired) electrons. The van der Waals surface area contributed by atoms with Crippen LogP contribution >= 0.6 is 0 Å². The smallest absolute Gasteiger partial charge is 0.203 e. The highest BCUT2D eigenvalue weighted by molar-refractivity contribution is 5.90. The number of benzene rings is 2. The van der Waals surface area contributed by atoms with Crippen molar-refractivity contribution in [3.05, 3.63) is 54.2 Å². The van der Waals surface area contributed by atoms with Crippen molar-refractivity contribution in [3.8, 4) is 28.6 Å². The number of ether oxygens (including phenoxy) is 3. The molecule has 7 nitrogen and oxygen atoms in total. The largest absolute Gasteiger partial charge is 0.493 e. The Morgan fingerprint density at radius 2 is 1.69 bits per heavy atom. The fourth-order valence-corrected chi connectivity index (χ4v) is 3.25. The molecule has 0 aliphatic rings. The van der Waals surface area contributed by atoms with Gasteiger partial charge in [-0.15, -0.1) is 0 Å². The fourth-order valence-electron chi connectivity index (χ4n) is 3.25. The summed E-state index contributed by atoms with van der Waals surface area (Å²) in [5.41, 5.74) is 4.60. The van der Waals surface area contributed by atoms with Gasteiger partial charge in [-0.2, -0.15) is 0 Å². The van der Waals surface area contributed by atoms with E-state index < -0.39 is 0 Å². The predicted molar refractivity (Wildman–Crippen MR) is 113 cm³/mol. The van der Waals surface area contributed by atoms with Crippen LogP contribution in [0.1, 0.15) is 5.56 Å². The summed E-state index contributed by atoms with van der Waals surface area (Å²) >= 11 is 0. The molecule has 0 aliphatic heterocycles. The first-order valence-corrected chi connectivity index (χ1v) is 9.11. The van der Waals surface area contributed by atoms with E-state index >= 15 is 0 Å². The number of rotatable bonds is 6. The number of nitrogens with zero attached hydrogens (tertiary/aromatic N) is 2. The topological polar surface area (TPSA) is 81.3 Å². The second kappa shape index (κ2) is 7.71. The number of anilines is 2. The minimum Gasteiger partial charge on any atom is -0.493 e. The molecule has 4 rings (SSSR count). The average Bonchev–Trinajstić information content (AvgIpc) is 3.18. The Morgan fingerprint density at radius 3 is 2.34 bits per heavy atom. The number of hydrogen-bond donors (Lipinski definition) is 2. The summed E-state index contributed by atoms with van der Waals surface area (Å²) in [5.74, 6) is 3.08. The molecule has 0 spiro atoms. The molecule has 0 bridgehead atoms. The fraction of sp³-hybridized carbons (Fsp3) is 0.182. The van der Waals surface area contributed by atoms with Crippen molar-refractivity contribution >= 4 is 22.5 Å². The summed E-state index contributed by atoms with van der Waals surface area (Å²) in [6.45, 7) is 2.06. The Bertz CT molecular complexity index is 1140. The zero-order chi connectivity index (χ0) is 20.4. The molecular formula is C22H22N4O3. The van der Waals surface area contributed by atoms with Gasteiger partial charge in [0.15, 0.2) is 17.3 Å². The zero-order valence-electron chi connectivity index (χ0n) is 16.7. The van der Waals surface area contributed by atoms with E-state index in [1.165, 1.54) is 5.56 Å². The maximum absolute atomic E-state index is 5.43. The van der Waals surface area contributed by atoms with Crippen LogP contribution in [0.5, 0.6) is 17.2 Å². The first-order valence-electron chi connectivity index (χ1n) is 9.11. The molecule has 0 atom stereocenters. The summed E-state index contributed by atoms with van der Waals surface area (Å²) in [5, 5.41) is 3.31. The van der Waals surface area contributed by atoms with Gasteiger partial charge >= 0.3 is 0 Å². The number of nitrogens with one attached hydrogen (secondary N) is 2. The minimum atomic E-state index is 0.535. The number of pyridine rings is 1. The summed E-state index contributed by atoms with van der Waals surface area (Å²) in [6, 6.07) is 13.8. The third kappa shape index (κ3) is 3.54. The first-order chi connectivity index (χ1) is 14.1. The van der Waals surface area contributed by atoms with Crippen LogP contribution in [0.2, 0.25) is 0 Å². The lowest BCUT2D eigenvalue weighted by Gasteiger charge is -2.15. The lowest BCUT2D eigenvalue weighted by atomic mass is 10.1. The van der Waals surface area contributed by atoms with Gasteiger partial charge in [0.1, 0.15) is 11.3 Å². The van der Waals surface area contributed by atoms with Crippen molar-refractivity contribution in [1.82, 2.24) is 15.0 Å². The molecule has 0 saturated carbocycles. The van der Waals surface area contributed by atoms with Crippen molar-refractivity contribution < 1.29 is 14.2 Å². The maximum Gasteiger partial charge on any atom is 0.203 e. The van der Waals surface area contributed by atoms with E-state index in [4.69, 9.17) is 19.2 Å². The van der Waals surface area contributed by atoms with Gasteiger partial charge in [-0.05, 0) is 19.1 Å². The van der Waals surface area contributed by atoms with Crippen LogP contribution < -0.4 is 19.5 Å². The Kier molecular flexibility index (Phi) is 4.95. The Morgan fingerprint density at radius 1 is 0.931 bits per heavy atom. The van der Waals surface area contributed by atoms with E-state index in [1.807, 2.05) is 30.3 Å². The molecule has 2 N–H and O–H groups in total. The van der Waals surface area contributed by atoms with Gasteiger partial charge in [-0.25, -0.2) is 9.97 Å². The van der Waals surface area contributed by atoms with Crippen LogP contribution in [0.25, 0.3) is 22.4 Å². The molecule has 4 aromatic rings. The van der Waals surface area contributed by atoms with E-state index in [9.17, 15) is 0 Å². The number of H-pyrrole nitrogens is 1. The molecule has 148 valence electrons. The van der Waals surface area contributed by atoms with E-state index in [2.05, 4.69) is 34.3 Å². The summed E-state index contributed by atoms with van der Waals surface area (Å²) in [7, 11) is 4.75. The van der Waals surface area contributed by atoms with Gasteiger partial charge in [0.2, 0.25) is 5.75 Å². The second-order valence-electron chi connectivity index (χ2n) is 6.55. The molecule has 0 unspecified atom stereocenters. The Hall–Kier alpha value is -3.74. The summed E-state index contributed by atoms with van der Waals surface area (Å²) in [4.78, 5) is 12.6. The predicted octanol–water partition coefficient (Wildman–Crippen LogP) is 4.70. The van der Waals surface area contributed by atoms with E-state index in [1.54, 1.807) is 27.5 Å². The lowest BCUT2D eigenvalue weighted by Crippen LogP contribution is -1.99. The van der Waals surface area contributed by atoms with E-state index in [0.717, 1.165) is 28.1 Å². The molecule has 0 amide bonds. The normalized spacial score (nSPS) is 10.8. The van der Waals surface area contributed by atoms with Crippen LogP contribution in [0.15, 0.2) is 48.7 Å². The molecule has 2 aromatic heterocycles. The zero-order valence-corrected chi connectivity index (χ0v) is 16.7. The maximum atomic E-state index is 5.43. The monoisotopic (exact) mass is 390 g/mol. The minimum absolute atomic E-state index is 0.535. The van der Waals surface area contributed by atoms with Gasteiger partial charge < -0.3 is 24.5 Å². The van der Waals surface area contributed by atoms with Crippen LogP contribution in [-0.2, 0) is 0 Å². The summed E-state index contributed by atoms with van der Waals surface area (Å²) in [6.07, 6.45) is 1.74. The van der Waals surface area contributed by atoms with Crippen LogP contribution in [0.4, 0.5) is 11.5 Å². The summed E-state index contributed by atoms with van der Waals surface area (Å²) < 4.78 is 16.2. The van der Waals surface area contributed by atoms with E-state index in [-0.39, 0.29) is 0 Å². The standard InChI is InChI=1S/C22H22N4O3/c1-13-6-5-7-14(10-13)21-25-16-8-9-23-22(19(16)26-21)24-15-11-17(27-2)20(29-4)18(12-15)28-3/h5-12H,1-4H3,(H,23,24)(H,25,26). The van der Waals surface area contributed by atoms with Crippen LogP contribution in [0.3, 0.4) is 0 Å². The molecular weight excluding hydrogens is 368 g/mol. The van der Waals surface area contributed by atoms with Gasteiger partial charge in [0.25, 0.3) is 0 Å². The third-order valence-electron chi connectivity index (χ3n) is 4.62. The Labute approximate surface area is 168 Å². The van der Waals surface area contributed by atoms with Gasteiger partial charge in [0, 0.05) is 29.6 Å². The molecule has 29 heavy (non-hydrogen) atoms. The average molecular weight is 390 g/mol. The van der Waals surface area contributed by atoms with Crippen molar-refractivity contribution in [2.75, 3.05) is 26.6 Å². The molecule has 2 heterocycles. The number of hydrogen-bond acceptors (Lipinski definition) is 6. The highest BCUT2D eigenvalue weighted by Crippen LogP contribution is 2.41. The molecule has 2 aromatic carbocycles. The molecule has 0 saturated heterocycles. The van der Waals surface area contributed by atoms with Crippen LogP contribution in [-0.4, -0.2) is 36.3 Å². The third-order valence-corrected chi connectivity index (χ3v) is 4.62. The molecule has 0 fully saturated rings. The highest BCUT2D eigenvalue weighted by atomic mass is 16.5. The van der Waals surface area contributed by atoms with Gasteiger partial charge in [0.05, 0.1) is 26.8 Å². The number of aromatic amines is 1. The van der Waals surface area contributed by atoms with E-state index in [0.29, 0.717) is 23.1 Å². The SMILES string of the molecule is COc1cc(Nc2nccc3[nH]c(-c4cccc(C)c4)nc23)cc(OC)c1OC. The van der Waals surface area contributed by atoms with Crippen LogP contribution in [0, 0.1) is 6.92 Å². The molecule has 0 aliphatic carbocycles. The van der Waals surface area contributed by atoms with Crippen molar-refractivity contribution in [2.24, 2.45) is 0 Å². The number of aromatic nitrogens is 3. The number of methoxy groups -OCH3 is 3. The highest BCUT2D eigenvalue weighted by Gasteiger charge is 2.15. The lowest BCUT2D eigenvalue weighted by molar-refractivity contribution is 0.324. The van der Waals surface area contributed by atoms with Gasteiger partial charge in [-0.1, -0.05) is 23.8 Å².